The van der Waals surface area contributed by atoms with Crippen molar-refractivity contribution in [2.24, 2.45) is 0 Å². The summed E-state index contributed by atoms with van der Waals surface area (Å²) in [6.45, 7) is 0. The van der Waals surface area contributed by atoms with Crippen LogP contribution in [0.1, 0.15) is 0 Å². The molecule has 0 saturated heterocycles. The van der Waals surface area contributed by atoms with Crippen LogP contribution < -0.4 is 0 Å². The van der Waals surface area contributed by atoms with Crippen LogP contribution in [0.4, 0.5) is 0 Å². The topological polar surface area (TPSA) is 38.9 Å². The van der Waals surface area contributed by atoms with E-state index in [1.54, 1.807) is 0 Å². The Kier molecular flexibility index (Phi) is 4.05. The first-order chi connectivity index (χ1) is 19.3. The molecule has 0 aliphatic heterocycles. The van der Waals surface area contributed by atoms with Crippen molar-refractivity contribution in [3.8, 4) is 22.5 Å². The van der Waals surface area contributed by atoms with Gasteiger partial charge in [0, 0.05) is 21.9 Å². The Balaban J connectivity index is 1.36. The van der Waals surface area contributed by atoms with Crippen molar-refractivity contribution >= 4 is 65.3 Å². The maximum atomic E-state index is 6.25. The highest BCUT2D eigenvalue weighted by Gasteiger charge is 2.19. The van der Waals surface area contributed by atoms with Gasteiger partial charge in [0.05, 0.1) is 22.4 Å². The lowest BCUT2D eigenvalue weighted by molar-refractivity contribution is 0.669. The third-order valence-corrected chi connectivity index (χ3v) is 7.99. The average Bonchev–Trinajstić information content (AvgIpc) is 3.39. The highest BCUT2D eigenvalue weighted by molar-refractivity contribution is 6.36. The molecule has 0 N–H and O–H groups in total. The van der Waals surface area contributed by atoms with Gasteiger partial charge in [-0.1, -0.05) is 91.0 Å². The Labute approximate surface area is 223 Å². The zero-order valence-corrected chi connectivity index (χ0v) is 20.8. The number of aromatic nitrogens is 2. The fraction of sp³-hybridized carbons (Fsp3) is 0. The third-order valence-electron chi connectivity index (χ3n) is 7.99. The SMILES string of the molecule is c1ccc(-c2nc3ccccc3nc2-c2ccc3c(ccc4c5cccc6oc7cccc(c34)c7c65)c2)cc1. The van der Waals surface area contributed by atoms with Crippen molar-refractivity contribution in [2.75, 3.05) is 0 Å². The number of furan rings is 1. The van der Waals surface area contributed by atoms with Gasteiger partial charge in [-0.3, -0.25) is 0 Å². The molecule has 0 spiro atoms. The lowest BCUT2D eigenvalue weighted by Gasteiger charge is -2.14. The molecule has 3 nitrogen and oxygen atoms in total. The van der Waals surface area contributed by atoms with Crippen LogP contribution in [0.15, 0.2) is 126 Å². The van der Waals surface area contributed by atoms with Gasteiger partial charge in [0.2, 0.25) is 0 Å². The molecule has 2 heterocycles. The number of fused-ring (bicyclic) bond motifs is 6. The zero-order chi connectivity index (χ0) is 25.5. The van der Waals surface area contributed by atoms with Crippen LogP contribution in [-0.4, -0.2) is 9.97 Å². The van der Waals surface area contributed by atoms with Crippen LogP contribution in [0.5, 0.6) is 0 Å². The summed E-state index contributed by atoms with van der Waals surface area (Å²) in [6.07, 6.45) is 0. The minimum absolute atomic E-state index is 0.892. The predicted molar refractivity (Wildman–Crippen MR) is 161 cm³/mol. The Morgan fingerprint density at radius 3 is 1.79 bits per heavy atom. The molecule has 0 atom stereocenters. The van der Waals surface area contributed by atoms with E-state index in [2.05, 4.69) is 78.9 Å². The molecule has 7 aromatic carbocycles. The first kappa shape index (κ1) is 20.7. The normalized spacial score (nSPS) is 12.1. The quantitative estimate of drug-likeness (QED) is 0.224. The van der Waals surface area contributed by atoms with E-state index in [1.165, 1.54) is 43.1 Å². The number of hydrogen-bond acceptors (Lipinski definition) is 3. The summed E-state index contributed by atoms with van der Waals surface area (Å²) in [7, 11) is 0. The molecule has 0 saturated carbocycles. The smallest absolute Gasteiger partial charge is 0.136 e. The Morgan fingerprint density at radius 2 is 1.03 bits per heavy atom. The second-order valence-corrected chi connectivity index (χ2v) is 10.2. The van der Waals surface area contributed by atoms with Crippen molar-refractivity contribution in [3.63, 3.8) is 0 Å². The van der Waals surface area contributed by atoms with Crippen LogP contribution in [0, 0.1) is 0 Å². The molecule has 0 bridgehead atoms. The first-order valence-electron chi connectivity index (χ1n) is 13.2. The number of rotatable bonds is 2. The molecule has 180 valence electrons. The molecule has 0 fully saturated rings. The molecule has 0 amide bonds. The Hall–Kier alpha value is -5.28. The van der Waals surface area contributed by atoms with Gasteiger partial charge < -0.3 is 4.42 Å². The van der Waals surface area contributed by atoms with Gasteiger partial charge >= 0.3 is 0 Å². The molecule has 2 aromatic heterocycles. The molecule has 39 heavy (non-hydrogen) atoms. The summed E-state index contributed by atoms with van der Waals surface area (Å²) in [5, 5.41) is 9.80. The summed E-state index contributed by atoms with van der Waals surface area (Å²) in [5.41, 5.74) is 7.57. The molecular weight excluding hydrogens is 476 g/mol. The molecule has 9 aromatic rings. The van der Waals surface area contributed by atoms with E-state index in [1.807, 2.05) is 42.5 Å². The van der Waals surface area contributed by atoms with Gasteiger partial charge in [0.15, 0.2) is 0 Å². The van der Waals surface area contributed by atoms with Gasteiger partial charge in [-0.25, -0.2) is 9.97 Å². The molecule has 0 radical (unpaired) electrons. The summed E-state index contributed by atoms with van der Waals surface area (Å²) in [4.78, 5) is 10.2. The number of nitrogens with zero attached hydrogens (tertiary/aromatic N) is 2. The monoisotopic (exact) mass is 496 g/mol. The molecule has 0 unspecified atom stereocenters. The molecule has 3 heteroatoms. The van der Waals surface area contributed by atoms with Gasteiger partial charge in [0.1, 0.15) is 11.2 Å². The number of benzene rings is 7. The lowest BCUT2D eigenvalue weighted by atomic mass is 9.90. The van der Waals surface area contributed by atoms with Crippen LogP contribution in [-0.2, 0) is 0 Å². The Morgan fingerprint density at radius 1 is 0.410 bits per heavy atom. The second-order valence-electron chi connectivity index (χ2n) is 10.2. The van der Waals surface area contributed by atoms with Crippen LogP contribution in [0.25, 0.3) is 87.8 Å². The largest absolute Gasteiger partial charge is 0.456 e. The minimum atomic E-state index is 0.892. The predicted octanol–water partition coefficient (Wildman–Crippen LogP) is 9.76. The summed E-state index contributed by atoms with van der Waals surface area (Å²) >= 11 is 0. The summed E-state index contributed by atoms with van der Waals surface area (Å²) in [6, 6.07) is 42.4. The molecular formula is C36H20N2O. The first-order valence-corrected chi connectivity index (χ1v) is 13.2. The van der Waals surface area contributed by atoms with Gasteiger partial charge in [-0.2, -0.15) is 0 Å². The van der Waals surface area contributed by atoms with E-state index in [0.29, 0.717) is 0 Å². The highest BCUT2D eigenvalue weighted by atomic mass is 16.3. The van der Waals surface area contributed by atoms with E-state index in [4.69, 9.17) is 14.4 Å². The standard InChI is InChI=1S/C36H20N2O/c1-2-8-21(9-3-1)35-36(38-29-13-5-4-12-28(29)37-35)23-17-18-24-22(20-23)16-19-26-25-10-6-14-30-33(25)34-27(32(24)26)11-7-15-31(34)39-30/h1-20H. The van der Waals surface area contributed by atoms with E-state index < -0.39 is 0 Å². The lowest BCUT2D eigenvalue weighted by Crippen LogP contribution is -1.95. The fourth-order valence-corrected chi connectivity index (χ4v) is 6.29. The van der Waals surface area contributed by atoms with E-state index in [-0.39, 0.29) is 0 Å². The molecule has 0 aliphatic carbocycles. The van der Waals surface area contributed by atoms with Gasteiger partial charge in [-0.15, -0.1) is 0 Å². The van der Waals surface area contributed by atoms with Crippen molar-refractivity contribution < 1.29 is 4.42 Å². The third kappa shape index (κ3) is 2.87. The maximum Gasteiger partial charge on any atom is 0.136 e. The summed E-state index contributed by atoms with van der Waals surface area (Å²) < 4.78 is 6.25. The Bertz CT molecular complexity index is 2390. The average molecular weight is 497 g/mol. The van der Waals surface area contributed by atoms with Crippen LogP contribution in [0.2, 0.25) is 0 Å². The minimum Gasteiger partial charge on any atom is -0.456 e. The van der Waals surface area contributed by atoms with E-state index in [0.717, 1.165) is 44.7 Å². The second kappa shape index (κ2) is 7.62. The fourth-order valence-electron chi connectivity index (χ4n) is 6.29. The maximum absolute atomic E-state index is 6.25. The molecule has 0 aliphatic rings. The highest BCUT2D eigenvalue weighted by Crippen LogP contribution is 2.45. The number of hydrogen-bond donors (Lipinski definition) is 0. The number of para-hydroxylation sites is 2. The van der Waals surface area contributed by atoms with E-state index in [9.17, 15) is 0 Å². The van der Waals surface area contributed by atoms with Gasteiger partial charge in [0.25, 0.3) is 0 Å². The van der Waals surface area contributed by atoms with Crippen molar-refractivity contribution in [1.29, 1.82) is 0 Å². The van der Waals surface area contributed by atoms with Crippen molar-refractivity contribution in [1.82, 2.24) is 9.97 Å². The van der Waals surface area contributed by atoms with Crippen LogP contribution >= 0.6 is 0 Å². The van der Waals surface area contributed by atoms with Crippen molar-refractivity contribution in [3.05, 3.63) is 121 Å². The molecule has 9 rings (SSSR count). The van der Waals surface area contributed by atoms with Crippen LogP contribution in [0.3, 0.4) is 0 Å². The summed E-state index contributed by atoms with van der Waals surface area (Å²) in [5.74, 6) is 0. The van der Waals surface area contributed by atoms with Gasteiger partial charge in [-0.05, 0) is 62.6 Å². The van der Waals surface area contributed by atoms with E-state index >= 15 is 0 Å². The van der Waals surface area contributed by atoms with Crippen molar-refractivity contribution in [2.45, 2.75) is 0 Å². The zero-order valence-electron chi connectivity index (χ0n) is 20.8.